The summed E-state index contributed by atoms with van der Waals surface area (Å²) >= 11 is 1.52. The number of ether oxygens (including phenoxy) is 1. The fourth-order valence-corrected chi connectivity index (χ4v) is 2.90. The second kappa shape index (κ2) is 6.20. The van der Waals surface area contributed by atoms with Crippen LogP contribution in [0, 0.1) is 0 Å². The Labute approximate surface area is 123 Å². The zero-order chi connectivity index (χ0) is 14.6. The van der Waals surface area contributed by atoms with Crippen LogP contribution in [0.3, 0.4) is 0 Å². The van der Waals surface area contributed by atoms with Gasteiger partial charge in [-0.3, -0.25) is 0 Å². The Morgan fingerprint density at radius 1 is 1.20 bits per heavy atom. The summed E-state index contributed by atoms with van der Waals surface area (Å²) in [5.41, 5.74) is 6.64. The third-order valence-electron chi connectivity index (χ3n) is 3.13. The minimum atomic E-state index is -0.901. The van der Waals surface area contributed by atoms with Crippen LogP contribution in [-0.2, 0) is 5.60 Å². The lowest BCUT2D eigenvalue weighted by Gasteiger charge is -2.23. The number of methoxy groups -OCH3 is 1. The van der Waals surface area contributed by atoms with Crippen LogP contribution >= 0.6 is 11.8 Å². The molecule has 0 spiro atoms. The van der Waals surface area contributed by atoms with Gasteiger partial charge < -0.3 is 15.6 Å². The van der Waals surface area contributed by atoms with Crippen LogP contribution < -0.4 is 10.5 Å². The zero-order valence-electron chi connectivity index (χ0n) is 11.7. The monoisotopic (exact) mass is 289 g/mol. The summed E-state index contributed by atoms with van der Waals surface area (Å²) in [6.45, 7) is 1.81. The Morgan fingerprint density at radius 2 is 1.90 bits per heavy atom. The maximum absolute atomic E-state index is 10.6. The van der Waals surface area contributed by atoms with E-state index in [0.29, 0.717) is 11.4 Å². The third-order valence-corrected chi connectivity index (χ3v) is 4.50. The van der Waals surface area contributed by atoms with E-state index in [1.54, 1.807) is 7.11 Å². The number of aliphatic hydroxyl groups is 1. The number of nitrogens with two attached hydrogens (primary N) is 1. The molecule has 0 aromatic heterocycles. The van der Waals surface area contributed by atoms with Gasteiger partial charge in [-0.2, -0.15) is 0 Å². The maximum atomic E-state index is 10.6. The van der Waals surface area contributed by atoms with Crippen LogP contribution in [0.1, 0.15) is 12.5 Å². The largest absolute Gasteiger partial charge is 0.497 e. The average molecular weight is 289 g/mol. The molecule has 0 aliphatic rings. The van der Waals surface area contributed by atoms with Crippen molar-refractivity contribution in [3.05, 3.63) is 54.1 Å². The minimum absolute atomic E-state index is 0.522. The molecule has 0 radical (unpaired) electrons. The van der Waals surface area contributed by atoms with E-state index in [1.165, 1.54) is 11.8 Å². The highest BCUT2D eigenvalue weighted by molar-refractivity contribution is 7.99. The lowest BCUT2D eigenvalue weighted by molar-refractivity contribution is 0.0839. The fourth-order valence-electron chi connectivity index (χ4n) is 1.87. The first-order chi connectivity index (χ1) is 9.53. The van der Waals surface area contributed by atoms with Crippen LogP contribution in [0.25, 0.3) is 0 Å². The summed E-state index contributed by atoms with van der Waals surface area (Å²) in [5.74, 6) is 1.29. The summed E-state index contributed by atoms with van der Waals surface area (Å²) in [4.78, 5) is 0.917. The normalized spacial score (nSPS) is 13.8. The molecule has 0 amide bonds. The molecular formula is C16H19NO2S. The van der Waals surface area contributed by atoms with E-state index >= 15 is 0 Å². The van der Waals surface area contributed by atoms with E-state index in [4.69, 9.17) is 10.5 Å². The molecule has 20 heavy (non-hydrogen) atoms. The highest BCUT2D eigenvalue weighted by Crippen LogP contribution is 2.34. The summed E-state index contributed by atoms with van der Waals surface area (Å²) in [7, 11) is 1.63. The third kappa shape index (κ3) is 3.46. The number of anilines is 1. The standard InChI is InChI=1S/C16H19NO2S/c1-16(18,12-6-4-3-5-7-12)11-20-15-10-13(19-2)8-9-14(15)17/h3-10,18H,11,17H2,1-2H3. The lowest BCUT2D eigenvalue weighted by atomic mass is 9.99. The van der Waals surface area contributed by atoms with Crippen LogP contribution in [0.15, 0.2) is 53.4 Å². The number of hydrogen-bond acceptors (Lipinski definition) is 4. The van der Waals surface area contributed by atoms with Crippen molar-refractivity contribution in [3.8, 4) is 5.75 Å². The zero-order valence-corrected chi connectivity index (χ0v) is 12.5. The van der Waals surface area contributed by atoms with E-state index < -0.39 is 5.60 Å². The second-order valence-electron chi connectivity index (χ2n) is 4.83. The summed E-state index contributed by atoms with van der Waals surface area (Å²) in [5, 5.41) is 10.6. The quantitative estimate of drug-likeness (QED) is 0.655. The predicted molar refractivity (Wildman–Crippen MR) is 84.1 cm³/mol. The molecule has 2 rings (SSSR count). The lowest BCUT2D eigenvalue weighted by Crippen LogP contribution is -2.24. The highest BCUT2D eigenvalue weighted by atomic mass is 32.2. The van der Waals surface area contributed by atoms with Gasteiger partial charge in [0.1, 0.15) is 5.75 Å². The van der Waals surface area contributed by atoms with Crippen molar-refractivity contribution in [3.63, 3.8) is 0 Å². The summed E-state index contributed by atoms with van der Waals surface area (Å²) in [6, 6.07) is 15.2. The molecule has 0 bridgehead atoms. The van der Waals surface area contributed by atoms with E-state index in [-0.39, 0.29) is 0 Å². The van der Waals surface area contributed by atoms with E-state index in [0.717, 1.165) is 16.2 Å². The molecule has 3 N–H and O–H groups in total. The Morgan fingerprint density at radius 3 is 2.55 bits per heavy atom. The van der Waals surface area contributed by atoms with E-state index in [2.05, 4.69) is 0 Å². The van der Waals surface area contributed by atoms with Crippen molar-refractivity contribution in [1.82, 2.24) is 0 Å². The van der Waals surface area contributed by atoms with Crippen molar-refractivity contribution in [1.29, 1.82) is 0 Å². The molecule has 0 saturated heterocycles. The molecule has 1 unspecified atom stereocenters. The fraction of sp³-hybridized carbons (Fsp3) is 0.250. The number of thioether (sulfide) groups is 1. The molecule has 106 valence electrons. The number of benzene rings is 2. The van der Waals surface area contributed by atoms with E-state index in [1.807, 2.05) is 55.5 Å². The molecule has 0 saturated carbocycles. The van der Waals surface area contributed by atoms with Gasteiger partial charge in [0.05, 0.1) is 12.7 Å². The topological polar surface area (TPSA) is 55.5 Å². The molecule has 0 aliphatic heterocycles. The number of rotatable bonds is 5. The van der Waals surface area contributed by atoms with Crippen LogP contribution in [0.4, 0.5) is 5.69 Å². The Kier molecular flexibility index (Phi) is 4.57. The first-order valence-electron chi connectivity index (χ1n) is 6.37. The Hall–Kier alpha value is -1.65. The number of nitrogen functional groups attached to an aromatic ring is 1. The van der Waals surface area contributed by atoms with Crippen LogP contribution in [-0.4, -0.2) is 18.0 Å². The second-order valence-corrected chi connectivity index (χ2v) is 5.85. The maximum Gasteiger partial charge on any atom is 0.120 e. The molecule has 0 heterocycles. The van der Waals surface area contributed by atoms with Gasteiger partial charge in [-0.15, -0.1) is 11.8 Å². The van der Waals surface area contributed by atoms with Crippen LogP contribution in [0.2, 0.25) is 0 Å². The van der Waals surface area contributed by atoms with Gasteiger partial charge in [0.2, 0.25) is 0 Å². The van der Waals surface area contributed by atoms with Gasteiger partial charge >= 0.3 is 0 Å². The Bertz CT molecular complexity index is 570. The SMILES string of the molecule is COc1ccc(N)c(SCC(C)(O)c2ccccc2)c1. The molecule has 1 atom stereocenters. The van der Waals surface area contributed by atoms with Crippen molar-refractivity contribution in [2.24, 2.45) is 0 Å². The molecule has 2 aromatic carbocycles. The first-order valence-corrected chi connectivity index (χ1v) is 7.36. The molecular weight excluding hydrogens is 270 g/mol. The van der Waals surface area contributed by atoms with Gasteiger partial charge in [-0.1, -0.05) is 30.3 Å². The molecule has 2 aromatic rings. The van der Waals surface area contributed by atoms with Gasteiger partial charge in [0, 0.05) is 16.3 Å². The molecule has 3 nitrogen and oxygen atoms in total. The van der Waals surface area contributed by atoms with Gasteiger partial charge in [0.25, 0.3) is 0 Å². The summed E-state index contributed by atoms with van der Waals surface area (Å²) < 4.78 is 5.20. The molecule has 4 heteroatoms. The highest BCUT2D eigenvalue weighted by Gasteiger charge is 2.23. The Balaban J connectivity index is 2.12. The van der Waals surface area contributed by atoms with Crippen molar-refractivity contribution in [2.45, 2.75) is 17.4 Å². The van der Waals surface area contributed by atoms with Crippen molar-refractivity contribution in [2.75, 3.05) is 18.6 Å². The first kappa shape index (κ1) is 14.8. The van der Waals surface area contributed by atoms with Gasteiger partial charge in [0.15, 0.2) is 0 Å². The molecule has 0 aliphatic carbocycles. The minimum Gasteiger partial charge on any atom is -0.497 e. The number of hydrogen-bond donors (Lipinski definition) is 2. The predicted octanol–water partition coefficient (Wildman–Crippen LogP) is 3.28. The van der Waals surface area contributed by atoms with E-state index in [9.17, 15) is 5.11 Å². The van der Waals surface area contributed by atoms with Crippen molar-refractivity contribution >= 4 is 17.4 Å². The van der Waals surface area contributed by atoms with Gasteiger partial charge in [-0.25, -0.2) is 0 Å². The summed E-state index contributed by atoms with van der Waals surface area (Å²) in [6.07, 6.45) is 0. The van der Waals surface area contributed by atoms with Crippen LogP contribution in [0.5, 0.6) is 5.75 Å². The van der Waals surface area contributed by atoms with Crippen molar-refractivity contribution < 1.29 is 9.84 Å². The smallest absolute Gasteiger partial charge is 0.120 e. The average Bonchev–Trinajstić information content (AvgIpc) is 2.47. The molecule has 0 fully saturated rings. The van der Waals surface area contributed by atoms with Gasteiger partial charge in [-0.05, 0) is 30.7 Å².